The van der Waals surface area contributed by atoms with Gasteiger partial charge in [0.25, 0.3) is 0 Å². The predicted molar refractivity (Wildman–Crippen MR) is 82.1 cm³/mol. The highest BCUT2D eigenvalue weighted by Gasteiger charge is 2.37. The third kappa shape index (κ3) is 3.43. The molecule has 3 fully saturated rings. The first kappa shape index (κ1) is 15.7. The third-order valence-corrected chi connectivity index (χ3v) is 5.40. The first-order valence-corrected chi connectivity index (χ1v) is 8.58. The number of rotatable bonds is 3. The summed E-state index contributed by atoms with van der Waals surface area (Å²) in [5.74, 6) is -0.000563. The smallest absolute Gasteiger partial charge is 0.237 e. The zero-order chi connectivity index (χ0) is 15.5. The molecule has 0 aromatic rings. The second-order valence-electron chi connectivity index (χ2n) is 6.80. The number of amides is 2. The Balaban J connectivity index is 1.52. The van der Waals surface area contributed by atoms with Crippen molar-refractivity contribution in [1.29, 1.82) is 0 Å². The van der Waals surface area contributed by atoms with Gasteiger partial charge in [-0.2, -0.15) is 0 Å². The second-order valence-corrected chi connectivity index (χ2v) is 6.80. The minimum Gasteiger partial charge on any atom is -0.374 e. The Morgan fingerprint density at radius 1 is 1.05 bits per heavy atom. The molecule has 124 valence electrons. The maximum atomic E-state index is 12.7. The molecule has 0 aromatic carbocycles. The molecular weight excluding hydrogens is 282 g/mol. The van der Waals surface area contributed by atoms with Crippen LogP contribution in [0.2, 0.25) is 0 Å². The van der Waals surface area contributed by atoms with Crippen LogP contribution in [0.1, 0.15) is 38.5 Å². The normalized spacial score (nSPS) is 30.8. The molecule has 6 nitrogen and oxygen atoms in total. The van der Waals surface area contributed by atoms with Crippen molar-refractivity contribution in [3.05, 3.63) is 0 Å². The van der Waals surface area contributed by atoms with Gasteiger partial charge < -0.3 is 15.4 Å². The highest BCUT2D eigenvalue weighted by Crippen LogP contribution is 2.28. The lowest BCUT2D eigenvalue weighted by Gasteiger charge is -2.44. The van der Waals surface area contributed by atoms with E-state index < -0.39 is 0 Å². The topological polar surface area (TPSA) is 75.9 Å². The lowest BCUT2D eigenvalue weighted by atomic mass is 9.90. The Hall–Kier alpha value is -1.14. The molecular formula is C16H27N3O3. The van der Waals surface area contributed by atoms with Crippen LogP contribution in [-0.2, 0) is 14.3 Å². The highest BCUT2D eigenvalue weighted by atomic mass is 16.5. The molecule has 0 aromatic heterocycles. The molecule has 1 aliphatic carbocycles. The highest BCUT2D eigenvalue weighted by molar-refractivity contribution is 5.79. The molecule has 3 aliphatic rings. The number of hydrogen-bond acceptors (Lipinski definition) is 4. The van der Waals surface area contributed by atoms with Gasteiger partial charge in [-0.1, -0.05) is 12.8 Å². The summed E-state index contributed by atoms with van der Waals surface area (Å²) in [6.45, 7) is 3.43. The molecule has 6 heteroatoms. The Kier molecular flexibility index (Phi) is 4.98. The van der Waals surface area contributed by atoms with Crippen LogP contribution in [0.15, 0.2) is 0 Å². The van der Waals surface area contributed by atoms with Gasteiger partial charge in [0.2, 0.25) is 11.8 Å². The van der Waals surface area contributed by atoms with Crippen molar-refractivity contribution in [1.82, 2.24) is 9.80 Å². The van der Waals surface area contributed by atoms with Crippen LogP contribution in [0.5, 0.6) is 0 Å². The number of piperidine rings is 1. The summed E-state index contributed by atoms with van der Waals surface area (Å²) in [4.78, 5) is 28.1. The zero-order valence-corrected chi connectivity index (χ0v) is 13.2. The molecule has 0 radical (unpaired) electrons. The van der Waals surface area contributed by atoms with Crippen LogP contribution < -0.4 is 5.73 Å². The van der Waals surface area contributed by atoms with Gasteiger partial charge in [-0.25, -0.2) is 0 Å². The number of morpholine rings is 1. The Bertz CT molecular complexity index is 419. The maximum Gasteiger partial charge on any atom is 0.237 e. The minimum absolute atomic E-state index is 0.0162. The van der Waals surface area contributed by atoms with Crippen molar-refractivity contribution >= 4 is 11.8 Å². The van der Waals surface area contributed by atoms with Crippen molar-refractivity contribution in [3.8, 4) is 0 Å². The standard InChI is InChI=1S/C16H27N3O3/c17-16(21)12-5-7-18(8-6-12)11-15(20)19-9-10-22-14-4-2-1-3-13(14)19/h12-14H,1-11H2,(H2,17,21)/t13-,14+/m1/s1. The van der Waals surface area contributed by atoms with E-state index in [4.69, 9.17) is 10.5 Å². The monoisotopic (exact) mass is 309 g/mol. The van der Waals surface area contributed by atoms with Gasteiger partial charge >= 0.3 is 0 Å². The fourth-order valence-electron chi connectivity index (χ4n) is 4.06. The van der Waals surface area contributed by atoms with Crippen LogP contribution in [0.25, 0.3) is 0 Å². The summed E-state index contributed by atoms with van der Waals surface area (Å²) < 4.78 is 5.83. The molecule has 2 N–H and O–H groups in total. The van der Waals surface area contributed by atoms with Gasteiger partial charge in [0.05, 0.1) is 25.3 Å². The molecule has 3 rings (SSSR count). The van der Waals surface area contributed by atoms with E-state index in [9.17, 15) is 9.59 Å². The summed E-state index contributed by atoms with van der Waals surface area (Å²) in [7, 11) is 0. The number of ether oxygens (including phenoxy) is 1. The Morgan fingerprint density at radius 2 is 1.77 bits per heavy atom. The van der Waals surface area contributed by atoms with Crippen LogP contribution in [0.4, 0.5) is 0 Å². The van der Waals surface area contributed by atoms with E-state index in [0.717, 1.165) is 45.3 Å². The number of hydrogen-bond donors (Lipinski definition) is 1. The number of carbonyl (C=O) groups excluding carboxylic acids is 2. The van der Waals surface area contributed by atoms with Gasteiger partial charge in [0.1, 0.15) is 0 Å². The molecule has 0 unspecified atom stereocenters. The Labute approximate surface area is 131 Å². The summed E-state index contributed by atoms with van der Waals surface area (Å²) in [5, 5.41) is 0. The second kappa shape index (κ2) is 6.96. The lowest BCUT2D eigenvalue weighted by molar-refractivity contribution is -0.151. The third-order valence-electron chi connectivity index (χ3n) is 5.40. The van der Waals surface area contributed by atoms with Crippen molar-refractivity contribution < 1.29 is 14.3 Å². The van der Waals surface area contributed by atoms with Crippen molar-refractivity contribution in [3.63, 3.8) is 0 Å². The van der Waals surface area contributed by atoms with Crippen LogP contribution in [0, 0.1) is 5.92 Å². The summed E-state index contributed by atoms with van der Waals surface area (Å²) in [5.41, 5.74) is 5.36. The van der Waals surface area contributed by atoms with Crippen molar-refractivity contribution in [2.24, 2.45) is 11.7 Å². The van der Waals surface area contributed by atoms with E-state index >= 15 is 0 Å². The fourth-order valence-corrected chi connectivity index (χ4v) is 4.06. The SMILES string of the molecule is NC(=O)C1CCN(CC(=O)N2CCO[C@H]3CCCC[C@H]32)CC1. The van der Waals surface area contributed by atoms with Gasteiger partial charge in [0.15, 0.2) is 0 Å². The molecule has 1 saturated carbocycles. The molecule has 0 bridgehead atoms. The van der Waals surface area contributed by atoms with Gasteiger partial charge in [-0.15, -0.1) is 0 Å². The number of nitrogens with two attached hydrogens (primary N) is 1. The molecule has 2 saturated heterocycles. The van der Waals surface area contributed by atoms with Gasteiger partial charge in [-0.05, 0) is 38.8 Å². The number of nitrogens with zero attached hydrogens (tertiary/aromatic N) is 2. The minimum atomic E-state index is -0.204. The van der Waals surface area contributed by atoms with Crippen LogP contribution >= 0.6 is 0 Å². The molecule has 2 heterocycles. The average molecular weight is 309 g/mol. The number of likely N-dealkylation sites (tertiary alicyclic amines) is 1. The maximum absolute atomic E-state index is 12.7. The summed E-state index contributed by atoms with van der Waals surface area (Å²) >= 11 is 0. The number of primary amides is 1. The zero-order valence-electron chi connectivity index (χ0n) is 13.2. The largest absolute Gasteiger partial charge is 0.374 e. The summed E-state index contributed by atoms with van der Waals surface area (Å²) in [6.07, 6.45) is 6.35. The van der Waals surface area contributed by atoms with E-state index in [-0.39, 0.29) is 29.9 Å². The first-order chi connectivity index (χ1) is 10.6. The molecule has 22 heavy (non-hydrogen) atoms. The molecule has 2 amide bonds. The van der Waals surface area contributed by atoms with Crippen molar-refractivity contribution in [2.75, 3.05) is 32.8 Å². The number of fused-ring (bicyclic) bond motifs is 1. The molecule has 2 aliphatic heterocycles. The molecule has 2 atom stereocenters. The van der Waals surface area contributed by atoms with E-state index in [1.807, 2.05) is 4.90 Å². The van der Waals surface area contributed by atoms with E-state index in [1.165, 1.54) is 12.8 Å². The number of carbonyl (C=O) groups is 2. The molecule has 0 spiro atoms. The van der Waals surface area contributed by atoms with Gasteiger partial charge in [-0.3, -0.25) is 14.5 Å². The van der Waals surface area contributed by atoms with E-state index in [2.05, 4.69) is 4.90 Å². The lowest BCUT2D eigenvalue weighted by Crippen LogP contribution is -2.57. The predicted octanol–water partition coefficient (Wildman–Crippen LogP) is 0.354. The van der Waals surface area contributed by atoms with E-state index in [0.29, 0.717) is 13.2 Å². The summed E-state index contributed by atoms with van der Waals surface area (Å²) in [6, 6.07) is 0.276. The fraction of sp³-hybridized carbons (Fsp3) is 0.875. The first-order valence-electron chi connectivity index (χ1n) is 8.58. The Morgan fingerprint density at radius 3 is 2.50 bits per heavy atom. The van der Waals surface area contributed by atoms with Crippen LogP contribution in [-0.4, -0.2) is 66.5 Å². The van der Waals surface area contributed by atoms with Gasteiger partial charge in [0, 0.05) is 12.5 Å². The van der Waals surface area contributed by atoms with Crippen LogP contribution in [0.3, 0.4) is 0 Å². The van der Waals surface area contributed by atoms with Crippen molar-refractivity contribution in [2.45, 2.75) is 50.7 Å². The average Bonchev–Trinajstić information content (AvgIpc) is 2.54. The quantitative estimate of drug-likeness (QED) is 0.816. The van der Waals surface area contributed by atoms with E-state index in [1.54, 1.807) is 0 Å².